The second-order valence-electron chi connectivity index (χ2n) is 9.43. The van der Waals surface area contributed by atoms with Crippen LogP contribution in [0.25, 0.3) is 0 Å². The molecule has 0 aromatic heterocycles. The van der Waals surface area contributed by atoms with E-state index in [4.69, 9.17) is 0 Å². The maximum absolute atomic E-state index is 2.49. The summed E-state index contributed by atoms with van der Waals surface area (Å²) in [5, 5.41) is 3.35. The van der Waals surface area contributed by atoms with E-state index < -0.39 is 16.1 Å². The van der Waals surface area contributed by atoms with Crippen LogP contribution in [0, 0.1) is 0 Å². The fraction of sp³-hybridized carbons (Fsp3) is 0.364. The predicted molar refractivity (Wildman–Crippen MR) is 134 cm³/mol. The monoisotopic (exact) mass is 378 g/mol. The van der Waals surface area contributed by atoms with Crippen molar-refractivity contribution in [2.45, 2.75) is 52.1 Å². The Morgan fingerprint density at radius 1 is 0.667 bits per heavy atom. The summed E-state index contributed by atoms with van der Waals surface area (Å²) in [7, 11) is -2.68. The first-order valence-electron chi connectivity index (χ1n) is 9.54. The van der Waals surface area contributed by atoms with Gasteiger partial charge >= 0.3 is 37.7 Å². The first-order chi connectivity index (χ1) is 11.7. The Morgan fingerprint density at radius 3 is 1.44 bits per heavy atom. The molecule has 0 nitrogen and oxygen atoms in total. The standard InChI is InChI=1S/C22H31BSi2.2Li.2H/c1-24(2,3)21-16-10-14-19(21)23(18-12-8-7-9-13-18)20-15-11-17-22(20)25(4,5)6;;;;/h7-13,16-17H,14-15H2,1-6H3;;;;. The zero-order valence-electron chi connectivity index (χ0n) is 16.7. The fourth-order valence-electron chi connectivity index (χ4n) is 4.31. The molecule has 2 aliphatic rings. The van der Waals surface area contributed by atoms with Gasteiger partial charge in [-0.1, -0.05) is 121 Å². The fourth-order valence-corrected chi connectivity index (χ4v) is 7.96. The van der Waals surface area contributed by atoms with Crippen molar-refractivity contribution in [1.82, 2.24) is 0 Å². The van der Waals surface area contributed by atoms with Gasteiger partial charge in [-0.15, -0.1) is 0 Å². The molecule has 2 aliphatic carbocycles. The summed E-state index contributed by atoms with van der Waals surface area (Å²) in [6, 6.07) is 11.2. The Hall–Kier alpha value is -0.126. The van der Waals surface area contributed by atoms with Gasteiger partial charge in [-0.05, 0) is 12.8 Å². The van der Waals surface area contributed by atoms with Gasteiger partial charge in [0.05, 0.1) is 16.1 Å². The third-order valence-electron chi connectivity index (χ3n) is 5.38. The molecule has 0 fully saturated rings. The van der Waals surface area contributed by atoms with Crippen LogP contribution in [0.15, 0.2) is 76.0 Å². The van der Waals surface area contributed by atoms with Crippen LogP contribution in [0.3, 0.4) is 0 Å². The van der Waals surface area contributed by atoms with E-state index in [2.05, 4.69) is 93.9 Å². The third kappa shape index (κ3) is 5.48. The summed E-state index contributed by atoms with van der Waals surface area (Å²) in [6.45, 7) is 15.4. The van der Waals surface area contributed by atoms with Crippen LogP contribution >= 0.6 is 0 Å². The quantitative estimate of drug-likeness (QED) is 0.665. The number of hydrogen-bond donors (Lipinski definition) is 0. The molecule has 1 aromatic rings. The molecule has 5 heteroatoms. The van der Waals surface area contributed by atoms with Gasteiger partial charge in [0.15, 0.2) is 0 Å². The summed E-state index contributed by atoms with van der Waals surface area (Å²) < 4.78 is 0. The second kappa shape index (κ2) is 9.58. The normalized spacial score (nSPS) is 16.5. The molecule has 3 rings (SSSR count). The number of allylic oxidation sites excluding steroid dienone is 8. The van der Waals surface area contributed by atoms with E-state index in [1.54, 1.807) is 21.3 Å². The number of hydrogen-bond acceptors (Lipinski definition) is 0. The summed E-state index contributed by atoms with van der Waals surface area (Å²) in [6.07, 6.45) is 11.9. The molecule has 27 heavy (non-hydrogen) atoms. The van der Waals surface area contributed by atoms with Crippen molar-refractivity contribution in [2.24, 2.45) is 0 Å². The zero-order chi connectivity index (χ0) is 18.2. The summed E-state index contributed by atoms with van der Waals surface area (Å²) in [5.41, 5.74) is 4.84. The van der Waals surface area contributed by atoms with Crippen molar-refractivity contribution in [3.63, 3.8) is 0 Å². The van der Waals surface area contributed by atoms with Crippen LogP contribution in [-0.4, -0.2) is 60.6 Å². The number of rotatable bonds is 5. The van der Waals surface area contributed by atoms with Crippen molar-refractivity contribution in [1.29, 1.82) is 0 Å². The van der Waals surface area contributed by atoms with E-state index in [1.165, 1.54) is 5.46 Å². The maximum atomic E-state index is 2.49. The van der Waals surface area contributed by atoms with Gasteiger partial charge in [0.2, 0.25) is 6.71 Å². The van der Waals surface area contributed by atoms with Gasteiger partial charge in [0.25, 0.3) is 0 Å². The molecule has 0 aliphatic heterocycles. The molecule has 0 heterocycles. The van der Waals surface area contributed by atoms with Gasteiger partial charge in [-0.25, -0.2) is 0 Å². The van der Waals surface area contributed by atoms with Crippen LogP contribution < -0.4 is 5.46 Å². The molecule has 0 saturated carbocycles. The minimum atomic E-state index is -1.34. The molecule has 0 N–H and O–H groups in total. The average Bonchev–Trinajstić information content (AvgIpc) is 3.17. The van der Waals surface area contributed by atoms with Crippen LogP contribution in [0.4, 0.5) is 0 Å². The molecule has 134 valence electrons. The van der Waals surface area contributed by atoms with Gasteiger partial charge in [0, 0.05) is 0 Å². The number of benzene rings is 1. The summed E-state index contributed by atoms with van der Waals surface area (Å²) in [5.74, 6) is 0. The van der Waals surface area contributed by atoms with Crippen LogP contribution in [0.1, 0.15) is 12.8 Å². The van der Waals surface area contributed by atoms with Crippen molar-refractivity contribution in [2.75, 3.05) is 0 Å². The predicted octanol–water partition coefficient (Wildman–Crippen LogP) is 4.44. The molecular formula is C22H33BLi2Si2. The Balaban J connectivity index is 0.00000182. The SMILES string of the molecule is C[Si](C)(C)C1=C(B(C2=C([Si](C)(C)C)C=CC2)c2ccccc2)CC=C1.[LiH].[LiH]. The Kier molecular flexibility index (Phi) is 8.84. The molecule has 0 bridgehead atoms. The zero-order valence-corrected chi connectivity index (χ0v) is 18.7. The minimum absolute atomic E-state index is 0. The van der Waals surface area contributed by atoms with Gasteiger partial charge in [0.1, 0.15) is 0 Å². The van der Waals surface area contributed by atoms with E-state index in [9.17, 15) is 0 Å². The molecule has 0 amide bonds. The van der Waals surface area contributed by atoms with Gasteiger partial charge in [-0.2, -0.15) is 0 Å². The van der Waals surface area contributed by atoms with Crippen LogP contribution in [0.2, 0.25) is 39.3 Å². The van der Waals surface area contributed by atoms with E-state index in [0.717, 1.165) is 12.8 Å². The Morgan fingerprint density at radius 2 is 1.07 bits per heavy atom. The second-order valence-corrected chi connectivity index (χ2v) is 19.5. The van der Waals surface area contributed by atoms with E-state index in [1.807, 2.05) is 0 Å². The van der Waals surface area contributed by atoms with Gasteiger partial charge < -0.3 is 0 Å². The van der Waals surface area contributed by atoms with E-state index in [-0.39, 0.29) is 37.7 Å². The van der Waals surface area contributed by atoms with E-state index >= 15 is 0 Å². The Labute approximate surface area is 193 Å². The van der Waals surface area contributed by atoms with Crippen molar-refractivity contribution >= 4 is 66.0 Å². The average molecular weight is 378 g/mol. The van der Waals surface area contributed by atoms with Crippen molar-refractivity contribution in [3.8, 4) is 0 Å². The molecule has 0 unspecified atom stereocenters. The first kappa shape index (κ1) is 24.9. The molecule has 0 atom stereocenters. The summed E-state index contributed by atoms with van der Waals surface area (Å²) >= 11 is 0. The molecule has 0 saturated heterocycles. The van der Waals surface area contributed by atoms with Crippen LogP contribution in [0.5, 0.6) is 0 Å². The topological polar surface area (TPSA) is 0 Å². The Bertz CT molecular complexity index is 731. The molecular weight excluding hydrogens is 345 g/mol. The van der Waals surface area contributed by atoms with Crippen molar-refractivity contribution < 1.29 is 0 Å². The van der Waals surface area contributed by atoms with Crippen LogP contribution in [-0.2, 0) is 0 Å². The molecule has 0 spiro atoms. The first-order valence-corrected chi connectivity index (χ1v) is 16.5. The van der Waals surface area contributed by atoms with Crippen molar-refractivity contribution in [3.05, 3.63) is 76.0 Å². The summed E-state index contributed by atoms with van der Waals surface area (Å²) in [4.78, 5) is 0. The molecule has 1 aromatic carbocycles. The molecule has 0 radical (unpaired) electrons. The third-order valence-corrected chi connectivity index (χ3v) is 9.59. The van der Waals surface area contributed by atoms with Gasteiger partial charge in [-0.3, -0.25) is 0 Å². The van der Waals surface area contributed by atoms with E-state index in [0.29, 0.717) is 6.71 Å².